The maximum absolute atomic E-state index is 13.3. The molecule has 3 aromatic carbocycles. The van der Waals surface area contributed by atoms with Crippen molar-refractivity contribution in [2.75, 3.05) is 5.32 Å². The minimum absolute atomic E-state index is 0.190. The van der Waals surface area contributed by atoms with Crippen molar-refractivity contribution in [2.45, 2.75) is 19.8 Å². The lowest BCUT2D eigenvalue weighted by Gasteiger charge is -2.17. The molecule has 4 rings (SSSR count). The van der Waals surface area contributed by atoms with Crippen LogP contribution in [0.3, 0.4) is 0 Å². The highest BCUT2D eigenvalue weighted by molar-refractivity contribution is 5.99. The molecular formula is C24H21N3O2. The van der Waals surface area contributed by atoms with Gasteiger partial charge in [-0.25, -0.2) is 4.63 Å². The number of benzene rings is 3. The normalized spacial score (nSPS) is 10.9. The van der Waals surface area contributed by atoms with E-state index in [9.17, 15) is 4.79 Å². The van der Waals surface area contributed by atoms with Crippen molar-refractivity contribution in [1.29, 1.82) is 0 Å². The molecule has 0 unspecified atom stereocenters. The van der Waals surface area contributed by atoms with Gasteiger partial charge >= 0.3 is 0 Å². The fraction of sp³-hybridized carbons (Fsp3) is 0.125. The van der Waals surface area contributed by atoms with E-state index in [-0.39, 0.29) is 5.91 Å². The molecule has 0 atom stereocenters. The Bertz CT molecular complexity index is 1080. The van der Waals surface area contributed by atoms with Crippen molar-refractivity contribution in [2.24, 2.45) is 0 Å². The lowest BCUT2D eigenvalue weighted by Crippen LogP contribution is -2.22. The Kier molecular flexibility index (Phi) is 5.20. The zero-order valence-corrected chi connectivity index (χ0v) is 16.3. The zero-order chi connectivity index (χ0) is 20.2. The predicted octanol–water partition coefficient (Wildman–Crippen LogP) is 5.12. The van der Waals surface area contributed by atoms with Crippen LogP contribution in [-0.4, -0.2) is 16.2 Å². The second kappa shape index (κ2) is 8.10. The van der Waals surface area contributed by atoms with Gasteiger partial charge in [0.15, 0.2) is 5.69 Å². The van der Waals surface area contributed by atoms with Crippen molar-refractivity contribution in [1.82, 2.24) is 10.3 Å². The molecule has 5 nitrogen and oxygen atoms in total. The molecule has 1 heterocycles. The topological polar surface area (TPSA) is 68.0 Å². The molecule has 0 fully saturated rings. The van der Waals surface area contributed by atoms with Crippen LogP contribution in [0.1, 0.15) is 28.2 Å². The average molecular weight is 383 g/mol. The van der Waals surface area contributed by atoms with Crippen LogP contribution in [0.5, 0.6) is 0 Å². The van der Waals surface area contributed by atoms with Gasteiger partial charge in [0, 0.05) is 5.56 Å². The monoisotopic (exact) mass is 383 g/mol. The summed E-state index contributed by atoms with van der Waals surface area (Å²) >= 11 is 0. The molecule has 0 aliphatic rings. The SMILES string of the molecule is Cc1ccc(C)c(-c2nonc2NC(=O)C(c2ccccc2)c2ccccc2)c1. The smallest absolute Gasteiger partial charge is 0.237 e. The number of rotatable bonds is 5. The van der Waals surface area contributed by atoms with E-state index in [1.807, 2.05) is 92.7 Å². The summed E-state index contributed by atoms with van der Waals surface area (Å²) in [5.74, 6) is -0.342. The van der Waals surface area contributed by atoms with Gasteiger partial charge < -0.3 is 5.32 Å². The standard InChI is InChI=1S/C24H21N3O2/c1-16-13-14-17(2)20(15-16)22-23(27-29-26-22)25-24(28)21(18-9-5-3-6-10-18)19-11-7-4-8-12-19/h3-15,21H,1-2H3,(H,25,27,28). The van der Waals surface area contributed by atoms with Crippen LogP contribution in [0.2, 0.25) is 0 Å². The van der Waals surface area contributed by atoms with Crippen LogP contribution in [0.25, 0.3) is 11.3 Å². The van der Waals surface area contributed by atoms with Crippen LogP contribution >= 0.6 is 0 Å². The van der Waals surface area contributed by atoms with Crippen molar-refractivity contribution in [3.8, 4) is 11.3 Å². The third-order valence-corrected chi connectivity index (χ3v) is 4.91. The summed E-state index contributed by atoms with van der Waals surface area (Å²) in [6, 6.07) is 25.4. The first-order valence-electron chi connectivity index (χ1n) is 9.44. The number of nitrogens with one attached hydrogen (secondary N) is 1. The Labute approximate surface area is 169 Å². The number of aryl methyl sites for hydroxylation is 2. The summed E-state index contributed by atoms with van der Waals surface area (Å²) in [7, 11) is 0. The van der Waals surface area contributed by atoms with Crippen molar-refractivity contribution in [3.63, 3.8) is 0 Å². The van der Waals surface area contributed by atoms with E-state index >= 15 is 0 Å². The van der Waals surface area contributed by atoms with Crippen molar-refractivity contribution in [3.05, 3.63) is 101 Å². The van der Waals surface area contributed by atoms with Gasteiger partial charge in [-0.2, -0.15) is 0 Å². The average Bonchev–Trinajstić information content (AvgIpc) is 3.19. The molecule has 5 heteroatoms. The highest BCUT2D eigenvalue weighted by Gasteiger charge is 2.25. The van der Waals surface area contributed by atoms with E-state index < -0.39 is 5.92 Å². The molecule has 1 amide bonds. The molecular weight excluding hydrogens is 362 g/mol. The quantitative estimate of drug-likeness (QED) is 0.519. The van der Waals surface area contributed by atoms with Gasteiger partial charge in [-0.3, -0.25) is 4.79 Å². The van der Waals surface area contributed by atoms with Crippen LogP contribution in [0.15, 0.2) is 83.5 Å². The van der Waals surface area contributed by atoms with Gasteiger partial charge in [0.05, 0.1) is 5.92 Å². The lowest BCUT2D eigenvalue weighted by atomic mass is 9.90. The minimum Gasteiger partial charge on any atom is -0.305 e. The first-order chi connectivity index (χ1) is 14.1. The van der Waals surface area contributed by atoms with Gasteiger partial charge in [-0.1, -0.05) is 78.4 Å². The maximum Gasteiger partial charge on any atom is 0.237 e. The summed E-state index contributed by atoms with van der Waals surface area (Å²) < 4.78 is 4.97. The highest BCUT2D eigenvalue weighted by atomic mass is 16.6. The molecule has 0 saturated carbocycles. The molecule has 0 saturated heterocycles. The Morgan fingerprint density at radius 1 is 0.862 bits per heavy atom. The molecule has 29 heavy (non-hydrogen) atoms. The fourth-order valence-electron chi connectivity index (χ4n) is 3.41. The maximum atomic E-state index is 13.3. The Morgan fingerprint density at radius 3 is 2.10 bits per heavy atom. The number of hydrogen-bond donors (Lipinski definition) is 1. The zero-order valence-electron chi connectivity index (χ0n) is 16.3. The molecule has 0 spiro atoms. The van der Waals surface area contributed by atoms with Gasteiger partial charge in [0.2, 0.25) is 11.7 Å². The number of nitrogens with zero attached hydrogens (tertiary/aromatic N) is 2. The van der Waals surface area contributed by atoms with Crippen LogP contribution < -0.4 is 5.32 Å². The third-order valence-electron chi connectivity index (χ3n) is 4.91. The van der Waals surface area contributed by atoms with Gasteiger partial charge in [0.1, 0.15) is 0 Å². The highest BCUT2D eigenvalue weighted by Crippen LogP contribution is 2.31. The number of amides is 1. The molecule has 0 aliphatic carbocycles. The van der Waals surface area contributed by atoms with E-state index in [0.717, 1.165) is 27.8 Å². The van der Waals surface area contributed by atoms with Gasteiger partial charge in [0.25, 0.3) is 0 Å². The van der Waals surface area contributed by atoms with E-state index in [1.54, 1.807) is 0 Å². The molecule has 144 valence electrons. The van der Waals surface area contributed by atoms with Crippen LogP contribution in [-0.2, 0) is 4.79 Å². The van der Waals surface area contributed by atoms with Crippen LogP contribution in [0, 0.1) is 13.8 Å². The number of carbonyl (C=O) groups is 1. The number of carbonyl (C=O) groups excluding carboxylic acids is 1. The molecule has 0 radical (unpaired) electrons. The number of hydrogen-bond acceptors (Lipinski definition) is 4. The number of aromatic nitrogens is 2. The minimum atomic E-state index is -0.472. The van der Waals surface area contributed by atoms with Crippen molar-refractivity contribution < 1.29 is 9.42 Å². The molecule has 0 bridgehead atoms. The van der Waals surface area contributed by atoms with Crippen LogP contribution in [0.4, 0.5) is 5.82 Å². The summed E-state index contributed by atoms with van der Waals surface area (Å²) in [6.45, 7) is 4.00. The largest absolute Gasteiger partial charge is 0.305 e. The summed E-state index contributed by atoms with van der Waals surface area (Å²) in [6.07, 6.45) is 0. The molecule has 4 aromatic rings. The molecule has 1 N–H and O–H groups in total. The molecule has 1 aromatic heterocycles. The second-order valence-corrected chi connectivity index (χ2v) is 7.02. The van der Waals surface area contributed by atoms with E-state index in [4.69, 9.17) is 4.63 Å². The van der Waals surface area contributed by atoms with E-state index in [2.05, 4.69) is 15.6 Å². The number of anilines is 1. The predicted molar refractivity (Wildman–Crippen MR) is 113 cm³/mol. The molecule has 0 aliphatic heterocycles. The summed E-state index contributed by atoms with van der Waals surface area (Å²) in [5, 5.41) is 10.9. The van der Waals surface area contributed by atoms with Gasteiger partial charge in [-0.15, -0.1) is 0 Å². The van der Waals surface area contributed by atoms with E-state index in [0.29, 0.717) is 11.5 Å². The third kappa shape index (κ3) is 3.94. The summed E-state index contributed by atoms with van der Waals surface area (Å²) in [4.78, 5) is 13.3. The first-order valence-corrected chi connectivity index (χ1v) is 9.44. The lowest BCUT2D eigenvalue weighted by molar-refractivity contribution is -0.116. The Balaban J connectivity index is 1.70. The fourth-order valence-corrected chi connectivity index (χ4v) is 3.41. The Morgan fingerprint density at radius 2 is 1.48 bits per heavy atom. The van der Waals surface area contributed by atoms with Crippen molar-refractivity contribution >= 4 is 11.7 Å². The first kappa shape index (κ1) is 18.6. The van der Waals surface area contributed by atoms with Gasteiger partial charge in [-0.05, 0) is 46.9 Å². The van der Waals surface area contributed by atoms with E-state index in [1.165, 1.54) is 0 Å². The Hall–Kier alpha value is -3.73. The summed E-state index contributed by atoms with van der Waals surface area (Å²) in [5.41, 5.74) is 5.35. The second-order valence-electron chi connectivity index (χ2n) is 7.02.